The van der Waals surface area contributed by atoms with Crippen molar-refractivity contribution >= 4 is 41.0 Å². The van der Waals surface area contributed by atoms with Gasteiger partial charge in [-0.05, 0) is 74.2 Å². The lowest BCUT2D eigenvalue weighted by molar-refractivity contribution is -0.145. The summed E-state index contributed by atoms with van der Waals surface area (Å²) < 4.78 is 12.0. The molecule has 3 amide bonds. The van der Waals surface area contributed by atoms with Crippen LogP contribution in [0.1, 0.15) is 49.7 Å². The minimum Gasteiger partial charge on any atom is -0.481 e. The first-order valence-electron chi connectivity index (χ1n) is 17.9. The number of carbonyl (C=O) groups excluding carboxylic acids is 3. The summed E-state index contributed by atoms with van der Waals surface area (Å²) in [6, 6.07) is 18.1. The van der Waals surface area contributed by atoms with E-state index in [1.165, 1.54) is 0 Å². The maximum Gasteiger partial charge on any atom is 0.306 e. The zero-order valence-corrected chi connectivity index (χ0v) is 30.6. The van der Waals surface area contributed by atoms with E-state index in [0.29, 0.717) is 91.7 Å². The number of ether oxygens (including phenoxy) is 2. The van der Waals surface area contributed by atoms with Crippen molar-refractivity contribution in [3.63, 3.8) is 0 Å². The molecular formula is C38H47N7O11. The second kappa shape index (κ2) is 20.9. The molecule has 0 unspecified atom stereocenters. The highest BCUT2D eigenvalue weighted by molar-refractivity contribution is 5.97. The molecule has 2 fully saturated rings. The molecule has 3 aromatic rings. The SMILES string of the molecule is NC(=NO)c1ccc(Oc2cc(NC(=O)C3CCN(C(=O)CCO)CC3)cc(Oc3ccc(C(N)=NO)cc3)c2)cc1.O=C(O)C1CCN(C(=O)CCO)CC1. The number of rotatable bonds is 13. The van der Waals surface area contributed by atoms with E-state index in [1.807, 2.05) is 0 Å². The van der Waals surface area contributed by atoms with Crippen molar-refractivity contribution in [3.05, 3.63) is 77.9 Å². The molecule has 0 aliphatic carbocycles. The van der Waals surface area contributed by atoms with E-state index < -0.39 is 5.97 Å². The number of hydrogen-bond acceptors (Lipinski definition) is 12. The van der Waals surface area contributed by atoms with Crippen LogP contribution in [0.4, 0.5) is 5.69 Å². The van der Waals surface area contributed by atoms with Crippen LogP contribution in [0.25, 0.3) is 0 Å². The number of amides is 3. The number of oxime groups is 2. The Hall–Kier alpha value is -6.40. The van der Waals surface area contributed by atoms with Gasteiger partial charge >= 0.3 is 5.97 Å². The number of nitrogens with two attached hydrogens (primary N) is 2. The van der Waals surface area contributed by atoms with Crippen LogP contribution < -0.4 is 26.3 Å². The maximum atomic E-state index is 13.1. The smallest absolute Gasteiger partial charge is 0.306 e. The second-order valence-electron chi connectivity index (χ2n) is 13.0. The Balaban J connectivity index is 0.000000419. The van der Waals surface area contributed by atoms with Crippen LogP contribution in [0, 0.1) is 11.8 Å². The molecule has 0 radical (unpaired) electrons. The van der Waals surface area contributed by atoms with Gasteiger partial charge in [-0.25, -0.2) is 0 Å². The Morgan fingerprint density at radius 1 is 0.643 bits per heavy atom. The van der Waals surface area contributed by atoms with E-state index in [2.05, 4.69) is 15.6 Å². The molecular weight excluding hydrogens is 730 g/mol. The molecule has 0 spiro atoms. The van der Waals surface area contributed by atoms with Gasteiger partial charge in [0.05, 0.1) is 19.1 Å². The number of nitrogens with zero attached hydrogens (tertiary/aromatic N) is 4. The van der Waals surface area contributed by atoms with Crippen LogP contribution in [0.5, 0.6) is 23.0 Å². The van der Waals surface area contributed by atoms with Gasteiger partial charge in [-0.15, -0.1) is 0 Å². The molecule has 2 heterocycles. The van der Waals surface area contributed by atoms with E-state index in [1.54, 1.807) is 76.5 Å². The zero-order valence-electron chi connectivity index (χ0n) is 30.6. The second-order valence-corrected chi connectivity index (χ2v) is 13.0. The number of piperidine rings is 2. The summed E-state index contributed by atoms with van der Waals surface area (Å²) in [6.07, 6.45) is 2.25. The van der Waals surface area contributed by atoms with Crippen LogP contribution in [0.2, 0.25) is 0 Å². The first kappa shape index (κ1) is 42.3. The number of carboxylic acids is 1. The first-order chi connectivity index (χ1) is 26.9. The van der Waals surface area contributed by atoms with Gasteiger partial charge in [-0.3, -0.25) is 19.2 Å². The number of aliphatic hydroxyl groups excluding tert-OH is 2. The topological polar surface area (TPSA) is 283 Å². The van der Waals surface area contributed by atoms with Crippen molar-refractivity contribution in [2.24, 2.45) is 33.6 Å². The quantitative estimate of drug-likeness (QED) is 0.0537. The molecule has 0 atom stereocenters. The normalized spacial score (nSPS) is 15.3. The third-order valence-corrected chi connectivity index (χ3v) is 9.20. The van der Waals surface area contributed by atoms with Crippen LogP contribution in [-0.4, -0.2) is 110 Å². The molecule has 3 aromatic carbocycles. The van der Waals surface area contributed by atoms with Gasteiger partial charge in [-0.2, -0.15) is 0 Å². The molecule has 18 heteroatoms. The van der Waals surface area contributed by atoms with Gasteiger partial charge in [0.15, 0.2) is 11.7 Å². The number of hydrogen-bond donors (Lipinski definition) is 8. The number of nitrogens with one attached hydrogen (secondary N) is 1. The molecule has 56 heavy (non-hydrogen) atoms. The Bertz CT molecular complexity index is 1770. The Kier molecular flexibility index (Phi) is 15.8. The van der Waals surface area contributed by atoms with Gasteiger partial charge < -0.3 is 61.8 Å². The van der Waals surface area contributed by atoms with E-state index in [-0.39, 0.29) is 67.3 Å². The molecule has 0 bridgehead atoms. The average Bonchev–Trinajstić information content (AvgIpc) is 3.21. The molecule has 0 saturated carbocycles. The average molecular weight is 778 g/mol. The van der Waals surface area contributed by atoms with Gasteiger partial charge in [-0.1, -0.05) is 10.3 Å². The van der Waals surface area contributed by atoms with E-state index in [9.17, 15) is 19.2 Å². The molecule has 2 aliphatic heterocycles. The predicted molar refractivity (Wildman–Crippen MR) is 203 cm³/mol. The minimum atomic E-state index is -0.778. The fourth-order valence-electron chi connectivity index (χ4n) is 6.06. The molecule has 300 valence electrons. The van der Waals surface area contributed by atoms with Crippen LogP contribution in [0.3, 0.4) is 0 Å². The molecule has 2 aliphatic rings. The summed E-state index contributed by atoms with van der Waals surface area (Å²) in [7, 11) is 0. The highest BCUT2D eigenvalue weighted by atomic mass is 16.5. The lowest BCUT2D eigenvalue weighted by atomic mass is 9.95. The summed E-state index contributed by atoms with van der Waals surface area (Å²) in [5.74, 6) is -0.205. The number of carbonyl (C=O) groups is 4. The fraction of sp³-hybridized carbons (Fsp3) is 0.368. The lowest BCUT2D eigenvalue weighted by Gasteiger charge is -2.31. The van der Waals surface area contributed by atoms with Crippen molar-refractivity contribution in [1.82, 2.24) is 9.80 Å². The largest absolute Gasteiger partial charge is 0.481 e. The zero-order chi connectivity index (χ0) is 40.6. The molecule has 18 nitrogen and oxygen atoms in total. The van der Waals surface area contributed by atoms with Gasteiger partial charge in [0, 0.05) is 80.0 Å². The summed E-state index contributed by atoms with van der Waals surface area (Å²) in [5, 5.41) is 53.0. The Morgan fingerprint density at radius 3 is 1.39 bits per heavy atom. The van der Waals surface area contributed by atoms with Gasteiger partial charge in [0.2, 0.25) is 17.7 Å². The van der Waals surface area contributed by atoms with Crippen LogP contribution in [-0.2, 0) is 19.2 Å². The fourth-order valence-corrected chi connectivity index (χ4v) is 6.06. The number of anilines is 1. The number of amidine groups is 2. The Labute approximate surface area is 322 Å². The highest BCUT2D eigenvalue weighted by Crippen LogP contribution is 2.33. The number of aliphatic hydroxyl groups is 2. The summed E-state index contributed by atoms with van der Waals surface area (Å²) in [6.45, 7) is 1.53. The van der Waals surface area contributed by atoms with Gasteiger partial charge in [0.1, 0.15) is 23.0 Å². The molecule has 5 rings (SSSR count). The monoisotopic (exact) mass is 777 g/mol. The first-order valence-corrected chi connectivity index (χ1v) is 17.9. The number of benzene rings is 3. The van der Waals surface area contributed by atoms with Crippen molar-refractivity contribution in [2.45, 2.75) is 38.5 Å². The summed E-state index contributed by atoms with van der Waals surface area (Å²) in [5.41, 5.74) is 12.7. The maximum absolute atomic E-state index is 13.1. The third kappa shape index (κ3) is 12.3. The van der Waals surface area contributed by atoms with E-state index >= 15 is 0 Å². The van der Waals surface area contributed by atoms with Crippen molar-refractivity contribution in [1.29, 1.82) is 0 Å². The third-order valence-electron chi connectivity index (χ3n) is 9.20. The van der Waals surface area contributed by atoms with Crippen LogP contribution >= 0.6 is 0 Å². The van der Waals surface area contributed by atoms with E-state index in [4.69, 9.17) is 46.7 Å². The number of aliphatic carboxylic acids is 1. The standard InChI is InChI=1S/C29H32N6O7.C9H15NO4/c30-27(33-39)18-1-5-22(6-2-18)41-24-15-21(32-29(38)20-9-12-35(13-10-20)26(37)11-14-36)16-25(17-24)42-23-7-3-19(4-8-23)28(31)34-40;11-6-3-8(12)10-4-1-7(2-5-10)9(13)14/h1-8,15-17,20,36,39-40H,9-14H2,(H2,30,33)(H2,31,34)(H,32,38);7,11H,1-6H2,(H,13,14). The molecule has 0 aromatic heterocycles. The molecule has 10 N–H and O–H groups in total. The lowest BCUT2D eigenvalue weighted by Crippen LogP contribution is -2.41. The van der Waals surface area contributed by atoms with Crippen LogP contribution in [0.15, 0.2) is 77.0 Å². The minimum absolute atomic E-state index is 0.0384. The number of likely N-dealkylation sites (tertiary alicyclic amines) is 2. The predicted octanol–water partition coefficient (Wildman–Crippen LogP) is 2.71. The van der Waals surface area contributed by atoms with Crippen molar-refractivity contribution in [3.8, 4) is 23.0 Å². The van der Waals surface area contributed by atoms with Crippen molar-refractivity contribution < 1.29 is 54.4 Å². The summed E-state index contributed by atoms with van der Waals surface area (Å²) >= 11 is 0. The Morgan fingerprint density at radius 2 is 1.04 bits per heavy atom. The van der Waals surface area contributed by atoms with Crippen molar-refractivity contribution in [2.75, 3.05) is 44.7 Å². The summed E-state index contributed by atoms with van der Waals surface area (Å²) in [4.78, 5) is 50.4. The van der Waals surface area contributed by atoms with Gasteiger partial charge in [0.25, 0.3) is 0 Å². The number of carboxylic acid groups (broad SMARTS) is 1. The highest BCUT2D eigenvalue weighted by Gasteiger charge is 2.28. The molecule has 2 saturated heterocycles. The van der Waals surface area contributed by atoms with E-state index in [0.717, 1.165) is 0 Å².